The molecule has 4 aromatic rings. The van der Waals surface area contributed by atoms with Gasteiger partial charge < -0.3 is 29.0 Å². The number of aromatic nitrogens is 2. The Morgan fingerprint density at radius 2 is 1.64 bits per heavy atom. The number of carbonyl (C=O) groups is 1. The van der Waals surface area contributed by atoms with Crippen molar-refractivity contribution in [3.63, 3.8) is 0 Å². The van der Waals surface area contributed by atoms with Gasteiger partial charge in [0.05, 0.1) is 36.8 Å². The number of nitrogens with zero attached hydrogens (tertiary/aromatic N) is 3. The summed E-state index contributed by atoms with van der Waals surface area (Å²) in [5.74, 6) is 2.24. The molecular formula is C35H43BN4O5. The minimum absolute atomic E-state index is 0.0326. The number of rotatable bonds is 9. The molecule has 1 amide bonds. The molecule has 0 atom stereocenters. The first-order valence-corrected chi connectivity index (χ1v) is 15.3. The summed E-state index contributed by atoms with van der Waals surface area (Å²) in [6.45, 7) is 14.2. The number of ether oxygens (including phenoxy) is 2. The molecule has 10 heteroatoms. The van der Waals surface area contributed by atoms with E-state index in [9.17, 15) is 4.79 Å². The van der Waals surface area contributed by atoms with Crippen molar-refractivity contribution in [1.82, 2.24) is 10.2 Å². The van der Waals surface area contributed by atoms with Crippen LogP contribution in [0.2, 0.25) is 0 Å². The molecule has 1 N–H and O–H groups in total. The summed E-state index contributed by atoms with van der Waals surface area (Å²) < 4.78 is 23.8. The molecule has 1 aromatic heterocycles. The van der Waals surface area contributed by atoms with Crippen LogP contribution in [-0.4, -0.2) is 55.7 Å². The number of hydrogen-bond acceptors (Lipinski definition) is 8. The predicted octanol–water partition coefficient (Wildman–Crippen LogP) is 6.67. The summed E-state index contributed by atoms with van der Waals surface area (Å²) in [6.07, 6.45) is 0.426. The summed E-state index contributed by atoms with van der Waals surface area (Å²) >= 11 is 0. The van der Waals surface area contributed by atoms with Crippen molar-refractivity contribution in [1.29, 1.82) is 0 Å². The second-order valence-corrected chi connectivity index (χ2v) is 13.0. The second kappa shape index (κ2) is 12.3. The molecule has 45 heavy (non-hydrogen) atoms. The number of benzene rings is 3. The largest absolute Gasteiger partial charge is 0.497 e. The molecule has 236 valence electrons. The van der Waals surface area contributed by atoms with Crippen LogP contribution < -0.4 is 25.2 Å². The molecule has 1 fully saturated rings. The summed E-state index contributed by atoms with van der Waals surface area (Å²) in [7, 11) is 4.66. The van der Waals surface area contributed by atoms with E-state index in [-0.39, 0.29) is 11.8 Å². The van der Waals surface area contributed by atoms with E-state index in [1.54, 1.807) is 14.2 Å². The summed E-state index contributed by atoms with van der Waals surface area (Å²) in [5.41, 5.74) is 4.05. The predicted molar refractivity (Wildman–Crippen MR) is 181 cm³/mol. The van der Waals surface area contributed by atoms with Gasteiger partial charge in [-0.2, -0.15) is 5.10 Å². The number of hydrogen-bond donors (Lipinski definition) is 1. The summed E-state index contributed by atoms with van der Waals surface area (Å²) in [4.78, 5) is 14.9. The van der Waals surface area contributed by atoms with Crippen LogP contribution in [0.3, 0.4) is 0 Å². The van der Waals surface area contributed by atoms with Gasteiger partial charge in [0.2, 0.25) is 5.91 Å². The number of methoxy groups -OCH3 is 2. The smallest absolute Gasteiger partial charge is 0.494 e. The fraction of sp³-hybridized carbons (Fsp3) is 0.400. The molecule has 0 radical (unpaired) electrons. The highest BCUT2D eigenvalue weighted by atomic mass is 16.7. The van der Waals surface area contributed by atoms with Crippen LogP contribution in [0.5, 0.6) is 11.5 Å². The number of aryl methyl sites for hydroxylation is 1. The maximum absolute atomic E-state index is 12.9. The van der Waals surface area contributed by atoms with Crippen molar-refractivity contribution < 1.29 is 23.6 Å². The Hall–Kier alpha value is -4.15. The lowest BCUT2D eigenvalue weighted by molar-refractivity contribution is -0.116. The Balaban J connectivity index is 1.60. The van der Waals surface area contributed by atoms with Crippen molar-refractivity contribution in [3.05, 3.63) is 60.3 Å². The molecule has 2 heterocycles. The van der Waals surface area contributed by atoms with Crippen LogP contribution in [0.15, 0.2) is 54.6 Å². The van der Waals surface area contributed by atoms with E-state index in [1.165, 1.54) is 0 Å². The zero-order valence-corrected chi connectivity index (χ0v) is 27.9. The quantitative estimate of drug-likeness (QED) is 0.210. The van der Waals surface area contributed by atoms with Gasteiger partial charge in [-0.15, -0.1) is 5.10 Å². The van der Waals surface area contributed by atoms with Crippen molar-refractivity contribution in [2.24, 2.45) is 5.92 Å². The molecule has 0 bridgehead atoms. The van der Waals surface area contributed by atoms with Crippen molar-refractivity contribution in [3.8, 4) is 22.6 Å². The van der Waals surface area contributed by atoms with Crippen molar-refractivity contribution >= 4 is 46.5 Å². The zero-order valence-electron chi connectivity index (χ0n) is 27.9. The molecule has 0 unspecified atom stereocenters. The molecule has 0 aliphatic carbocycles. The molecule has 9 nitrogen and oxygen atoms in total. The maximum Gasteiger partial charge on any atom is 0.494 e. The van der Waals surface area contributed by atoms with E-state index in [2.05, 4.69) is 27.6 Å². The normalized spacial score (nSPS) is 15.4. The van der Waals surface area contributed by atoms with Gasteiger partial charge in [0.25, 0.3) is 0 Å². The van der Waals surface area contributed by atoms with E-state index in [0.717, 1.165) is 44.4 Å². The van der Waals surface area contributed by atoms with Gasteiger partial charge in [0.15, 0.2) is 5.82 Å². The molecule has 1 saturated heterocycles. The minimum atomic E-state index is -0.540. The third kappa shape index (κ3) is 6.35. The second-order valence-electron chi connectivity index (χ2n) is 13.0. The monoisotopic (exact) mass is 610 g/mol. The van der Waals surface area contributed by atoms with Gasteiger partial charge in [0, 0.05) is 41.6 Å². The number of nitrogens with one attached hydrogen (secondary N) is 1. The van der Waals surface area contributed by atoms with Gasteiger partial charge in [-0.1, -0.05) is 32.0 Å². The molecule has 1 aliphatic heterocycles. The first kappa shape index (κ1) is 32.3. The highest BCUT2D eigenvalue weighted by Gasteiger charge is 2.51. The lowest BCUT2D eigenvalue weighted by atomic mass is 9.77. The molecule has 1 aliphatic rings. The summed E-state index contributed by atoms with van der Waals surface area (Å²) in [5, 5.41) is 14.1. The van der Waals surface area contributed by atoms with Crippen LogP contribution >= 0.6 is 0 Å². The average molecular weight is 611 g/mol. The summed E-state index contributed by atoms with van der Waals surface area (Å²) in [6, 6.07) is 17.8. The standard InChI is InChI=1S/C35H43BN4O5/c1-21(2)17-32(41)37-29-15-12-24(36-44-34(4,5)35(6,7)45-36)19-28(29)23-11-14-26-27(18-23)22(3)38-39-33(26)40(8)30-16-13-25(42-9)20-31(30)43-10/h11-16,18-21H,17H2,1-10H3,(H,37,41). The third-order valence-corrected chi connectivity index (χ3v) is 8.76. The number of amides is 1. The lowest BCUT2D eigenvalue weighted by Crippen LogP contribution is -2.41. The van der Waals surface area contributed by atoms with Crippen molar-refractivity contribution in [2.45, 2.75) is 66.1 Å². The topological polar surface area (TPSA) is 95.0 Å². The number of carbonyl (C=O) groups excluding carboxylic acids is 1. The van der Waals surface area contributed by atoms with Gasteiger partial charge in [-0.3, -0.25) is 4.79 Å². The molecule has 5 rings (SSSR count). The van der Waals surface area contributed by atoms with E-state index in [0.29, 0.717) is 23.7 Å². The molecule has 0 saturated carbocycles. The Morgan fingerprint density at radius 3 is 2.29 bits per heavy atom. The van der Waals surface area contributed by atoms with E-state index >= 15 is 0 Å². The fourth-order valence-corrected chi connectivity index (χ4v) is 5.47. The number of anilines is 3. The van der Waals surface area contributed by atoms with Crippen LogP contribution in [0.4, 0.5) is 17.2 Å². The highest BCUT2D eigenvalue weighted by Crippen LogP contribution is 2.40. The molecular weight excluding hydrogens is 567 g/mol. The van der Waals surface area contributed by atoms with Gasteiger partial charge in [-0.25, -0.2) is 0 Å². The Labute approximate surface area is 266 Å². The van der Waals surface area contributed by atoms with Crippen LogP contribution in [0.25, 0.3) is 21.9 Å². The van der Waals surface area contributed by atoms with Crippen LogP contribution in [-0.2, 0) is 14.1 Å². The van der Waals surface area contributed by atoms with Gasteiger partial charge in [-0.05, 0) is 81.9 Å². The number of fused-ring (bicyclic) bond motifs is 1. The maximum atomic E-state index is 12.9. The highest BCUT2D eigenvalue weighted by molar-refractivity contribution is 6.62. The van der Waals surface area contributed by atoms with Crippen molar-refractivity contribution in [2.75, 3.05) is 31.5 Å². The molecule has 3 aromatic carbocycles. The Kier molecular flexibility index (Phi) is 8.84. The SMILES string of the molecule is COc1ccc(N(C)c2nnc(C)c3cc(-c4cc(B5OC(C)(C)C(C)(C)O5)ccc4NC(=O)CC(C)C)ccc23)c(OC)c1. The first-order chi connectivity index (χ1) is 21.2. The lowest BCUT2D eigenvalue weighted by Gasteiger charge is -2.32. The van der Waals surface area contributed by atoms with Gasteiger partial charge in [0.1, 0.15) is 11.5 Å². The third-order valence-electron chi connectivity index (χ3n) is 8.76. The minimum Gasteiger partial charge on any atom is -0.497 e. The first-order valence-electron chi connectivity index (χ1n) is 15.3. The van der Waals surface area contributed by atoms with E-state index in [4.69, 9.17) is 18.8 Å². The molecule has 0 spiro atoms. The zero-order chi connectivity index (χ0) is 32.7. The van der Waals surface area contributed by atoms with E-state index < -0.39 is 18.3 Å². The Morgan fingerprint density at radius 1 is 0.933 bits per heavy atom. The Bertz CT molecular complexity index is 1720. The van der Waals surface area contributed by atoms with E-state index in [1.807, 2.05) is 103 Å². The van der Waals surface area contributed by atoms with Gasteiger partial charge >= 0.3 is 7.12 Å². The van der Waals surface area contributed by atoms with Crippen LogP contribution in [0.1, 0.15) is 53.7 Å². The van der Waals surface area contributed by atoms with Crippen LogP contribution in [0, 0.1) is 12.8 Å². The fourth-order valence-electron chi connectivity index (χ4n) is 5.47. The average Bonchev–Trinajstić information content (AvgIpc) is 3.22.